The highest BCUT2D eigenvalue weighted by Crippen LogP contribution is 2.30. The van der Waals surface area contributed by atoms with Crippen LogP contribution in [0.2, 0.25) is 5.02 Å². The van der Waals surface area contributed by atoms with Gasteiger partial charge in [-0.25, -0.2) is 8.42 Å². The third-order valence-electron chi connectivity index (χ3n) is 4.24. The second-order valence-corrected chi connectivity index (χ2v) is 9.50. The number of hydrogen-bond donors (Lipinski definition) is 1. The van der Waals surface area contributed by atoms with Gasteiger partial charge in [-0.1, -0.05) is 33.6 Å². The van der Waals surface area contributed by atoms with Crippen LogP contribution >= 0.6 is 27.5 Å². The molecule has 8 heteroatoms. The minimum Gasteiger partial charge on any atom is -0.504 e. The van der Waals surface area contributed by atoms with E-state index < -0.39 is 20.5 Å². The van der Waals surface area contributed by atoms with E-state index in [0.29, 0.717) is 15.1 Å². The highest BCUT2D eigenvalue weighted by molar-refractivity contribution is 9.10. The summed E-state index contributed by atoms with van der Waals surface area (Å²) in [5.74, 6) is -0.635. The van der Waals surface area contributed by atoms with Crippen LogP contribution in [0.15, 0.2) is 81.0 Å². The van der Waals surface area contributed by atoms with Gasteiger partial charge >= 0.3 is 0 Å². The van der Waals surface area contributed by atoms with Crippen LogP contribution < -0.4 is 4.74 Å². The molecular formula is C22H16BrClO5S. The maximum atomic E-state index is 13.3. The second-order valence-electron chi connectivity index (χ2n) is 6.23. The van der Waals surface area contributed by atoms with Crippen LogP contribution in [0.5, 0.6) is 11.5 Å². The molecule has 0 fully saturated rings. The minimum atomic E-state index is -4.16. The molecule has 0 saturated heterocycles. The van der Waals surface area contributed by atoms with Crippen molar-refractivity contribution in [3.05, 3.63) is 92.3 Å². The van der Waals surface area contributed by atoms with E-state index in [2.05, 4.69) is 15.9 Å². The predicted octanol–water partition coefficient (Wildman–Crippen LogP) is 5.51. The largest absolute Gasteiger partial charge is 0.504 e. The fourth-order valence-corrected chi connectivity index (χ4v) is 4.49. The topological polar surface area (TPSA) is 80.7 Å². The van der Waals surface area contributed by atoms with Gasteiger partial charge in [0.1, 0.15) is 4.91 Å². The van der Waals surface area contributed by atoms with Gasteiger partial charge in [0.15, 0.2) is 11.5 Å². The van der Waals surface area contributed by atoms with Gasteiger partial charge in [-0.15, -0.1) is 0 Å². The number of methoxy groups -OCH3 is 1. The molecule has 0 radical (unpaired) electrons. The van der Waals surface area contributed by atoms with Crippen molar-refractivity contribution in [3.8, 4) is 11.5 Å². The van der Waals surface area contributed by atoms with Gasteiger partial charge in [-0.3, -0.25) is 4.79 Å². The molecule has 0 bridgehead atoms. The van der Waals surface area contributed by atoms with E-state index in [1.54, 1.807) is 18.2 Å². The average molecular weight is 508 g/mol. The summed E-state index contributed by atoms with van der Waals surface area (Å²) >= 11 is 9.15. The van der Waals surface area contributed by atoms with Crippen molar-refractivity contribution in [2.75, 3.05) is 7.11 Å². The van der Waals surface area contributed by atoms with Crippen molar-refractivity contribution in [1.29, 1.82) is 0 Å². The summed E-state index contributed by atoms with van der Waals surface area (Å²) in [6, 6.07) is 16.3. The summed E-state index contributed by atoms with van der Waals surface area (Å²) in [5.41, 5.74) is 0.496. The first kappa shape index (κ1) is 22.1. The quantitative estimate of drug-likeness (QED) is 0.351. The van der Waals surface area contributed by atoms with E-state index in [0.717, 1.165) is 0 Å². The second kappa shape index (κ2) is 9.04. The molecule has 0 aromatic heterocycles. The monoisotopic (exact) mass is 506 g/mol. The molecule has 0 saturated carbocycles. The highest BCUT2D eigenvalue weighted by atomic mass is 79.9. The van der Waals surface area contributed by atoms with Crippen molar-refractivity contribution in [2.24, 2.45) is 0 Å². The zero-order valence-corrected chi connectivity index (χ0v) is 18.8. The molecule has 0 spiro atoms. The molecule has 0 amide bonds. The first-order valence-electron chi connectivity index (χ1n) is 8.62. The number of benzene rings is 3. The fraction of sp³-hybridized carbons (Fsp3) is 0.0455. The SMILES string of the molecule is COc1ccc(/C=C(\C(=O)c2ccc(Cl)cc2)S(=O)(=O)c2ccc(Br)cc2)cc1O. The van der Waals surface area contributed by atoms with E-state index in [1.165, 1.54) is 61.7 Å². The number of ether oxygens (including phenoxy) is 1. The Bertz CT molecular complexity index is 1220. The van der Waals surface area contributed by atoms with Crippen LogP contribution in [-0.4, -0.2) is 26.4 Å². The van der Waals surface area contributed by atoms with Gasteiger partial charge in [-0.2, -0.15) is 0 Å². The first-order valence-corrected chi connectivity index (χ1v) is 11.3. The predicted molar refractivity (Wildman–Crippen MR) is 120 cm³/mol. The smallest absolute Gasteiger partial charge is 0.210 e. The Morgan fingerprint density at radius 3 is 2.23 bits per heavy atom. The molecule has 3 aromatic carbocycles. The van der Waals surface area contributed by atoms with Crippen LogP contribution in [0.25, 0.3) is 6.08 Å². The molecule has 5 nitrogen and oxygen atoms in total. The standard InChI is InChI=1S/C22H16BrClO5S/c1-29-20-11-2-14(12-19(20)25)13-21(22(26)15-3-7-17(24)8-4-15)30(27,28)18-9-5-16(23)6-10-18/h2-13,25H,1H3/b21-13+. The third-order valence-corrected chi connectivity index (χ3v) is 6.80. The van der Waals surface area contributed by atoms with Crippen LogP contribution in [0.4, 0.5) is 0 Å². The number of hydrogen-bond acceptors (Lipinski definition) is 5. The number of rotatable bonds is 6. The fourth-order valence-electron chi connectivity index (χ4n) is 2.70. The lowest BCUT2D eigenvalue weighted by Gasteiger charge is -2.10. The van der Waals surface area contributed by atoms with Crippen molar-refractivity contribution in [2.45, 2.75) is 4.90 Å². The minimum absolute atomic E-state index is 0.0306. The number of halogens is 2. The van der Waals surface area contributed by atoms with Crippen molar-refractivity contribution >= 4 is 49.2 Å². The van der Waals surface area contributed by atoms with Crippen LogP contribution in [0, 0.1) is 0 Å². The van der Waals surface area contributed by atoms with Gasteiger partial charge in [0.25, 0.3) is 0 Å². The van der Waals surface area contributed by atoms with Crippen LogP contribution in [-0.2, 0) is 9.84 Å². The van der Waals surface area contributed by atoms with E-state index in [1.807, 2.05) is 0 Å². The Hall–Kier alpha value is -2.61. The number of aromatic hydroxyl groups is 1. The van der Waals surface area contributed by atoms with Gasteiger partial charge in [0, 0.05) is 15.1 Å². The van der Waals surface area contributed by atoms with Crippen LogP contribution in [0.1, 0.15) is 15.9 Å². The molecule has 0 unspecified atom stereocenters. The number of ketones is 1. The van der Waals surface area contributed by atoms with Crippen molar-refractivity contribution < 1.29 is 23.1 Å². The number of phenols is 1. The lowest BCUT2D eigenvalue weighted by molar-refractivity contribution is 0.104. The zero-order valence-electron chi connectivity index (χ0n) is 15.7. The highest BCUT2D eigenvalue weighted by Gasteiger charge is 2.28. The molecule has 0 atom stereocenters. The Labute approximate surface area is 187 Å². The Morgan fingerprint density at radius 1 is 1.03 bits per heavy atom. The molecule has 0 aliphatic heterocycles. The first-order chi connectivity index (χ1) is 14.2. The van der Waals surface area contributed by atoms with Crippen molar-refractivity contribution in [3.63, 3.8) is 0 Å². The number of phenolic OH excluding ortho intramolecular Hbond substituents is 1. The van der Waals surface area contributed by atoms with E-state index >= 15 is 0 Å². The van der Waals surface area contributed by atoms with Gasteiger partial charge in [-0.05, 0) is 72.3 Å². The number of carbonyl (C=O) groups excluding carboxylic acids is 1. The maximum Gasteiger partial charge on any atom is 0.210 e. The van der Waals surface area contributed by atoms with Gasteiger partial charge in [0.05, 0.1) is 12.0 Å². The average Bonchev–Trinajstić information content (AvgIpc) is 2.72. The number of allylic oxidation sites excluding steroid dienone is 1. The number of carbonyl (C=O) groups is 1. The summed E-state index contributed by atoms with van der Waals surface area (Å²) in [6.07, 6.45) is 1.23. The van der Waals surface area contributed by atoms with Crippen molar-refractivity contribution in [1.82, 2.24) is 0 Å². The van der Waals surface area contributed by atoms with Crippen LogP contribution in [0.3, 0.4) is 0 Å². The van der Waals surface area contributed by atoms with E-state index in [-0.39, 0.29) is 22.0 Å². The molecule has 1 N–H and O–H groups in total. The normalized spacial score (nSPS) is 11.9. The molecule has 3 rings (SSSR count). The van der Waals surface area contributed by atoms with Gasteiger partial charge in [0.2, 0.25) is 15.6 Å². The third kappa shape index (κ3) is 4.75. The van der Waals surface area contributed by atoms with E-state index in [4.69, 9.17) is 16.3 Å². The molecule has 30 heavy (non-hydrogen) atoms. The lowest BCUT2D eigenvalue weighted by Crippen LogP contribution is -2.14. The van der Waals surface area contributed by atoms with E-state index in [9.17, 15) is 18.3 Å². The maximum absolute atomic E-state index is 13.3. The zero-order chi connectivity index (χ0) is 21.9. The summed E-state index contributed by atoms with van der Waals surface area (Å²) in [5, 5.41) is 10.5. The number of sulfone groups is 1. The van der Waals surface area contributed by atoms with Gasteiger partial charge < -0.3 is 9.84 Å². The lowest BCUT2D eigenvalue weighted by atomic mass is 10.1. The molecule has 154 valence electrons. The number of Topliss-reactive ketones (excluding diaryl/α,β-unsaturated/α-hetero) is 1. The Morgan fingerprint density at radius 2 is 1.67 bits per heavy atom. The molecule has 3 aromatic rings. The summed E-state index contributed by atoms with van der Waals surface area (Å²) in [4.78, 5) is 12.7. The Kier molecular flexibility index (Phi) is 6.65. The molecule has 0 heterocycles. The Balaban J connectivity index is 2.17. The summed E-state index contributed by atoms with van der Waals surface area (Å²) in [6.45, 7) is 0. The molecular weight excluding hydrogens is 492 g/mol. The molecule has 0 aliphatic carbocycles. The molecule has 0 aliphatic rings. The summed E-state index contributed by atoms with van der Waals surface area (Å²) in [7, 11) is -2.76. The summed E-state index contributed by atoms with van der Waals surface area (Å²) < 4.78 is 32.4.